The van der Waals surface area contributed by atoms with Crippen LogP contribution in [-0.4, -0.2) is 21.1 Å². The minimum atomic E-state index is -0.357. The van der Waals surface area contributed by atoms with Gasteiger partial charge in [0.15, 0.2) is 0 Å². The number of amides is 1. The molecular weight excluding hydrogens is 232 g/mol. The van der Waals surface area contributed by atoms with E-state index in [1.165, 1.54) is 12.1 Å². The van der Waals surface area contributed by atoms with E-state index in [-0.39, 0.29) is 23.2 Å². The van der Waals surface area contributed by atoms with E-state index < -0.39 is 0 Å². The smallest absolute Gasteiger partial charge is 0.272 e. The summed E-state index contributed by atoms with van der Waals surface area (Å²) in [6.07, 6.45) is 1.66. The van der Waals surface area contributed by atoms with Gasteiger partial charge in [-0.3, -0.25) is 14.6 Å². The number of aromatic nitrogens is 3. The number of H-pyrrole nitrogens is 1. The summed E-state index contributed by atoms with van der Waals surface area (Å²) >= 11 is 0. The molecule has 92 valence electrons. The van der Waals surface area contributed by atoms with Crippen LogP contribution in [0.1, 0.15) is 29.1 Å². The second-order valence-electron chi connectivity index (χ2n) is 3.76. The Balaban J connectivity index is 2.08. The molecule has 1 atom stereocenters. The van der Waals surface area contributed by atoms with Gasteiger partial charge in [-0.25, -0.2) is 5.10 Å². The van der Waals surface area contributed by atoms with Gasteiger partial charge in [-0.1, -0.05) is 6.07 Å². The normalized spacial score (nSPS) is 11.8. The zero-order valence-electron chi connectivity index (χ0n) is 9.75. The van der Waals surface area contributed by atoms with E-state index in [4.69, 9.17) is 0 Å². The topological polar surface area (TPSA) is 87.7 Å². The van der Waals surface area contributed by atoms with E-state index in [9.17, 15) is 9.59 Å². The third-order valence-corrected chi connectivity index (χ3v) is 2.39. The van der Waals surface area contributed by atoms with Gasteiger partial charge in [0.25, 0.3) is 11.5 Å². The predicted molar refractivity (Wildman–Crippen MR) is 65.0 cm³/mol. The van der Waals surface area contributed by atoms with Gasteiger partial charge in [0.05, 0.1) is 11.7 Å². The number of pyridine rings is 1. The van der Waals surface area contributed by atoms with Gasteiger partial charge in [0, 0.05) is 12.3 Å². The first-order valence-corrected chi connectivity index (χ1v) is 5.44. The third-order valence-electron chi connectivity index (χ3n) is 2.39. The van der Waals surface area contributed by atoms with Crippen LogP contribution in [0.2, 0.25) is 0 Å². The zero-order valence-corrected chi connectivity index (χ0v) is 9.75. The van der Waals surface area contributed by atoms with Crippen molar-refractivity contribution >= 4 is 5.91 Å². The molecule has 0 fully saturated rings. The summed E-state index contributed by atoms with van der Waals surface area (Å²) in [6, 6.07) is 7.88. The molecule has 1 amide bonds. The Morgan fingerprint density at radius 3 is 2.78 bits per heavy atom. The highest BCUT2D eigenvalue weighted by molar-refractivity contribution is 5.92. The first kappa shape index (κ1) is 12.0. The van der Waals surface area contributed by atoms with Crippen LogP contribution in [0.4, 0.5) is 0 Å². The molecule has 2 aromatic heterocycles. The van der Waals surface area contributed by atoms with Crippen LogP contribution in [0.3, 0.4) is 0 Å². The van der Waals surface area contributed by atoms with Crippen LogP contribution in [0.15, 0.2) is 41.3 Å². The highest BCUT2D eigenvalue weighted by Gasteiger charge is 2.13. The van der Waals surface area contributed by atoms with E-state index in [1.807, 2.05) is 25.1 Å². The Morgan fingerprint density at radius 1 is 1.33 bits per heavy atom. The lowest BCUT2D eigenvalue weighted by Gasteiger charge is -2.12. The molecule has 6 heteroatoms. The van der Waals surface area contributed by atoms with Crippen molar-refractivity contribution in [2.75, 3.05) is 0 Å². The Hall–Kier alpha value is -2.50. The number of hydrogen-bond acceptors (Lipinski definition) is 4. The maximum atomic E-state index is 11.8. The Bertz CT molecular complexity index is 574. The molecule has 18 heavy (non-hydrogen) atoms. The predicted octanol–water partition coefficient (Wildman–Crippen LogP) is 0.656. The van der Waals surface area contributed by atoms with Crippen molar-refractivity contribution in [2.45, 2.75) is 13.0 Å². The van der Waals surface area contributed by atoms with Crippen LogP contribution >= 0.6 is 0 Å². The Kier molecular flexibility index (Phi) is 3.47. The summed E-state index contributed by atoms with van der Waals surface area (Å²) in [5, 5.41) is 8.61. The number of carbonyl (C=O) groups is 1. The summed E-state index contributed by atoms with van der Waals surface area (Å²) in [5.41, 5.74) is 0.581. The molecule has 6 nitrogen and oxygen atoms in total. The Morgan fingerprint density at radius 2 is 2.17 bits per heavy atom. The molecule has 2 rings (SSSR count). The average Bonchev–Trinajstić information content (AvgIpc) is 2.40. The lowest BCUT2D eigenvalue weighted by Crippen LogP contribution is -2.28. The maximum Gasteiger partial charge on any atom is 0.272 e. The van der Waals surface area contributed by atoms with E-state index in [2.05, 4.69) is 20.5 Å². The molecule has 1 unspecified atom stereocenters. The summed E-state index contributed by atoms with van der Waals surface area (Å²) in [6.45, 7) is 1.83. The van der Waals surface area contributed by atoms with E-state index in [0.717, 1.165) is 5.69 Å². The minimum Gasteiger partial charge on any atom is -0.343 e. The first-order valence-electron chi connectivity index (χ1n) is 5.44. The summed E-state index contributed by atoms with van der Waals surface area (Å²) < 4.78 is 0. The van der Waals surface area contributed by atoms with Gasteiger partial charge in [0.2, 0.25) is 0 Å². The van der Waals surface area contributed by atoms with Gasteiger partial charge < -0.3 is 5.32 Å². The summed E-state index contributed by atoms with van der Waals surface area (Å²) in [7, 11) is 0. The average molecular weight is 244 g/mol. The first-order chi connectivity index (χ1) is 8.66. The fourth-order valence-electron chi connectivity index (χ4n) is 1.45. The summed E-state index contributed by atoms with van der Waals surface area (Å²) in [4.78, 5) is 26.8. The molecule has 2 aromatic rings. The van der Waals surface area contributed by atoms with Gasteiger partial charge in [0.1, 0.15) is 5.69 Å². The molecule has 0 radical (unpaired) electrons. The van der Waals surface area contributed by atoms with E-state index >= 15 is 0 Å². The molecule has 0 aliphatic carbocycles. The molecule has 2 N–H and O–H groups in total. The number of nitrogens with one attached hydrogen (secondary N) is 2. The van der Waals surface area contributed by atoms with E-state index in [0.29, 0.717) is 0 Å². The van der Waals surface area contributed by atoms with Crippen LogP contribution in [0, 0.1) is 0 Å². The van der Waals surface area contributed by atoms with Crippen LogP contribution < -0.4 is 10.9 Å². The Labute approximate surface area is 103 Å². The molecular formula is C12H12N4O2. The zero-order chi connectivity index (χ0) is 13.0. The third kappa shape index (κ3) is 2.79. The van der Waals surface area contributed by atoms with Crippen molar-refractivity contribution in [1.82, 2.24) is 20.5 Å². The molecule has 0 aromatic carbocycles. The fraction of sp³-hybridized carbons (Fsp3) is 0.167. The van der Waals surface area contributed by atoms with E-state index in [1.54, 1.807) is 6.20 Å². The van der Waals surface area contributed by atoms with Gasteiger partial charge in [-0.05, 0) is 25.1 Å². The largest absolute Gasteiger partial charge is 0.343 e. The van der Waals surface area contributed by atoms with Gasteiger partial charge in [-0.15, -0.1) is 0 Å². The van der Waals surface area contributed by atoms with Crippen LogP contribution in [-0.2, 0) is 0 Å². The van der Waals surface area contributed by atoms with Crippen LogP contribution in [0.25, 0.3) is 0 Å². The molecule has 0 bridgehead atoms. The number of carbonyl (C=O) groups excluding carboxylic acids is 1. The molecule has 2 heterocycles. The number of rotatable bonds is 3. The molecule has 0 spiro atoms. The van der Waals surface area contributed by atoms with Crippen molar-refractivity contribution in [3.63, 3.8) is 0 Å². The monoisotopic (exact) mass is 244 g/mol. The molecule has 0 aliphatic rings. The fourth-order valence-corrected chi connectivity index (χ4v) is 1.45. The number of hydrogen-bond donors (Lipinski definition) is 2. The molecule has 0 aliphatic heterocycles. The lowest BCUT2D eigenvalue weighted by molar-refractivity contribution is 0.0933. The van der Waals surface area contributed by atoms with Gasteiger partial charge >= 0.3 is 0 Å². The van der Waals surface area contributed by atoms with Crippen molar-refractivity contribution in [3.05, 3.63) is 58.3 Å². The van der Waals surface area contributed by atoms with Crippen molar-refractivity contribution < 1.29 is 4.79 Å². The maximum absolute atomic E-state index is 11.8. The summed E-state index contributed by atoms with van der Waals surface area (Å²) in [5.74, 6) is -0.357. The van der Waals surface area contributed by atoms with Gasteiger partial charge in [-0.2, -0.15) is 5.10 Å². The molecule has 0 saturated carbocycles. The lowest BCUT2D eigenvalue weighted by atomic mass is 10.2. The van der Waals surface area contributed by atoms with Crippen molar-refractivity contribution in [3.8, 4) is 0 Å². The van der Waals surface area contributed by atoms with Crippen LogP contribution in [0.5, 0.6) is 0 Å². The quantitative estimate of drug-likeness (QED) is 0.830. The number of nitrogens with zero attached hydrogens (tertiary/aromatic N) is 2. The molecule has 0 saturated heterocycles. The minimum absolute atomic E-state index is 0.164. The highest BCUT2D eigenvalue weighted by atomic mass is 16.2. The van der Waals surface area contributed by atoms with Crippen molar-refractivity contribution in [2.24, 2.45) is 0 Å². The SMILES string of the molecule is CC(NC(=O)c1ccc(=O)[nH]n1)c1ccccn1. The second kappa shape index (κ2) is 5.22. The van der Waals surface area contributed by atoms with Crippen molar-refractivity contribution in [1.29, 1.82) is 0 Å². The standard InChI is InChI=1S/C12H12N4O2/c1-8(9-4-2-3-7-13-9)14-12(18)10-5-6-11(17)16-15-10/h2-8H,1H3,(H,14,18)(H,16,17). The number of aromatic amines is 1. The highest BCUT2D eigenvalue weighted by Crippen LogP contribution is 2.08. The second-order valence-corrected chi connectivity index (χ2v) is 3.76.